The van der Waals surface area contributed by atoms with Gasteiger partial charge < -0.3 is 4.90 Å². The van der Waals surface area contributed by atoms with Crippen LogP contribution in [0.4, 0.5) is 0 Å². The molecule has 18 heavy (non-hydrogen) atoms. The highest BCUT2D eigenvalue weighted by Gasteiger charge is 2.11. The van der Waals surface area contributed by atoms with Crippen LogP contribution < -0.4 is 0 Å². The Labute approximate surface area is 108 Å². The van der Waals surface area contributed by atoms with Crippen LogP contribution in [-0.2, 0) is 13.1 Å². The van der Waals surface area contributed by atoms with E-state index in [4.69, 9.17) is 0 Å². The van der Waals surface area contributed by atoms with Crippen LogP contribution in [0.2, 0.25) is 0 Å². The molecule has 2 heterocycles. The molecule has 0 aliphatic heterocycles. The van der Waals surface area contributed by atoms with Gasteiger partial charge in [-0.2, -0.15) is 10.2 Å². The van der Waals surface area contributed by atoms with Crippen molar-refractivity contribution in [2.24, 2.45) is 0 Å². The molecule has 0 saturated heterocycles. The fourth-order valence-electron chi connectivity index (χ4n) is 2.10. The van der Waals surface area contributed by atoms with Crippen molar-refractivity contribution >= 4 is 0 Å². The number of nitrogens with zero attached hydrogens (tertiary/aromatic N) is 4. The van der Waals surface area contributed by atoms with Crippen LogP contribution in [0.1, 0.15) is 25.8 Å². The largest absolute Gasteiger partial charge is 0.302 e. The summed E-state index contributed by atoms with van der Waals surface area (Å²) in [6, 6.07) is 0. The molecule has 5 nitrogen and oxygen atoms in total. The van der Waals surface area contributed by atoms with E-state index in [1.165, 1.54) is 5.56 Å². The van der Waals surface area contributed by atoms with E-state index in [1.54, 1.807) is 0 Å². The van der Waals surface area contributed by atoms with Crippen LogP contribution in [0.3, 0.4) is 0 Å². The second kappa shape index (κ2) is 5.82. The monoisotopic (exact) mass is 247 g/mol. The quantitative estimate of drug-likeness (QED) is 0.850. The van der Waals surface area contributed by atoms with Gasteiger partial charge in [-0.15, -0.1) is 0 Å². The Morgan fingerprint density at radius 2 is 2.22 bits per heavy atom. The van der Waals surface area contributed by atoms with E-state index in [9.17, 15) is 0 Å². The summed E-state index contributed by atoms with van der Waals surface area (Å²) in [5.41, 5.74) is 3.32. The average Bonchev–Trinajstić information content (AvgIpc) is 2.96. The van der Waals surface area contributed by atoms with Gasteiger partial charge in [-0.3, -0.25) is 9.78 Å². The lowest BCUT2D eigenvalue weighted by molar-refractivity contribution is 0.328. The second-order valence-corrected chi connectivity index (χ2v) is 4.58. The Balaban J connectivity index is 2.16. The lowest BCUT2D eigenvalue weighted by atomic mass is 10.1. The second-order valence-electron chi connectivity index (χ2n) is 4.58. The maximum atomic E-state index is 4.34. The molecule has 0 unspecified atom stereocenters. The van der Waals surface area contributed by atoms with Gasteiger partial charge in [0.2, 0.25) is 0 Å². The number of hydrogen-bond acceptors (Lipinski definition) is 3. The molecule has 2 aromatic heterocycles. The summed E-state index contributed by atoms with van der Waals surface area (Å²) < 4.78 is 1.92. The maximum Gasteiger partial charge on any atom is 0.0997 e. The van der Waals surface area contributed by atoms with Crippen molar-refractivity contribution in [2.75, 3.05) is 13.6 Å². The molecular formula is C13H21N5. The van der Waals surface area contributed by atoms with Crippen LogP contribution in [0.15, 0.2) is 18.6 Å². The summed E-state index contributed by atoms with van der Waals surface area (Å²) in [5, 5.41) is 11.6. The van der Waals surface area contributed by atoms with Crippen LogP contribution in [0, 0.1) is 0 Å². The number of hydrogen-bond donors (Lipinski definition) is 1. The minimum absolute atomic E-state index is 0.884. The molecule has 0 spiro atoms. The van der Waals surface area contributed by atoms with Gasteiger partial charge in [-0.25, -0.2) is 0 Å². The topological polar surface area (TPSA) is 49.7 Å². The van der Waals surface area contributed by atoms with Crippen molar-refractivity contribution in [3.63, 3.8) is 0 Å². The van der Waals surface area contributed by atoms with Gasteiger partial charge in [0.25, 0.3) is 0 Å². The third-order valence-corrected chi connectivity index (χ3v) is 3.00. The van der Waals surface area contributed by atoms with Gasteiger partial charge in [0, 0.05) is 36.6 Å². The first-order chi connectivity index (χ1) is 8.74. The molecule has 0 aromatic carbocycles. The Kier molecular flexibility index (Phi) is 4.15. The zero-order chi connectivity index (χ0) is 13.0. The number of nitrogens with one attached hydrogen (secondary N) is 1. The Hall–Kier alpha value is -1.62. The third-order valence-electron chi connectivity index (χ3n) is 3.00. The maximum absolute atomic E-state index is 4.34. The van der Waals surface area contributed by atoms with Gasteiger partial charge >= 0.3 is 0 Å². The van der Waals surface area contributed by atoms with E-state index in [-0.39, 0.29) is 0 Å². The molecule has 0 aliphatic carbocycles. The summed E-state index contributed by atoms with van der Waals surface area (Å²) >= 11 is 0. The van der Waals surface area contributed by atoms with E-state index in [2.05, 4.69) is 41.1 Å². The first-order valence-electron chi connectivity index (χ1n) is 6.48. The van der Waals surface area contributed by atoms with Gasteiger partial charge in [0.1, 0.15) is 0 Å². The number of H-pyrrole nitrogens is 1. The standard InChI is InChI=1S/C13H21N5/c1-4-6-17(3)9-11-7-14-16-13(11)12-8-15-18(5-2)10-12/h7-8,10H,4-6,9H2,1-3H3,(H,14,16). The van der Waals surface area contributed by atoms with E-state index >= 15 is 0 Å². The van der Waals surface area contributed by atoms with E-state index in [0.717, 1.165) is 37.3 Å². The summed E-state index contributed by atoms with van der Waals surface area (Å²) in [4.78, 5) is 2.30. The molecule has 0 saturated carbocycles. The number of aromatic nitrogens is 4. The van der Waals surface area contributed by atoms with Crippen molar-refractivity contribution in [3.05, 3.63) is 24.2 Å². The van der Waals surface area contributed by atoms with Crippen LogP contribution in [0.25, 0.3) is 11.3 Å². The minimum Gasteiger partial charge on any atom is -0.302 e. The van der Waals surface area contributed by atoms with Gasteiger partial charge in [0.05, 0.1) is 11.9 Å². The molecule has 0 aliphatic rings. The Morgan fingerprint density at radius 3 is 2.89 bits per heavy atom. The predicted octanol–water partition coefficient (Wildman–Crippen LogP) is 2.13. The molecule has 1 N–H and O–H groups in total. The third kappa shape index (κ3) is 2.79. The van der Waals surface area contributed by atoms with E-state index in [0.29, 0.717) is 0 Å². The van der Waals surface area contributed by atoms with Gasteiger partial charge in [-0.05, 0) is 26.9 Å². The lowest BCUT2D eigenvalue weighted by Gasteiger charge is -2.14. The van der Waals surface area contributed by atoms with Crippen molar-refractivity contribution in [1.29, 1.82) is 0 Å². The molecule has 2 rings (SSSR count). The first-order valence-corrected chi connectivity index (χ1v) is 6.48. The fraction of sp³-hybridized carbons (Fsp3) is 0.538. The van der Waals surface area contributed by atoms with Crippen LogP contribution in [0.5, 0.6) is 0 Å². The molecule has 0 amide bonds. The van der Waals surface area contributed by atoms with E-state index < -0.39 is 0 Å². The lowest BCUT2D eigenvalue weighted by Crippen LogP contribution is -2.18. The number of rotatable bonds is 6. The van der Waals surface area contributed by atoms with Crippen molar-refractivity contribution in [3.8, 4) is 11.3 Å². The molecule has 0 fully saturated rings. The zero-order valence-corrected chi connectivity index (χ0v) is 11.3. The number of aryl methyl sites for hydroxylation is 1. The van der Waals surface area contributed by atoms with Crippen molar-refractivity contribution < 1.29 is 0 Å². The minimum atomic E-state index is 0.884. The Morgan fingerprint density at radius 1 is 1.39 bits per heavy atom. The summed E-state index contributed by atoms with van der Waals surface area (Å²) in [7, 11) is 2.13. The fourth-order valence-corrected chi connectivity index (χ4v) is 2.10. The smallest absolute Gasteiger partial charge is 0.0997 e. The highest BCUT2D eigenvalue weighted by atomic mass is 15.3. The van der Waals surface area contributed by atoms with Crippen molar-refractivity contribution in [2.45, 2.75) is 33.4 Å². The number of aromatic amines is 1. The molecule has 0 bridgehead atoms. The summed E-state index contributed by atoms with van der Waals surface area (Å²) in [5.74, 6) is 0. The van der Waals surface area contributed by atoms with Gasteiger partial charge in [0.15, 0.2) is 0 Å². The molecule has 0 atom stereocenters. The molecule has 98 valence electrons. The predicted molar refractivity (Wildman–Crippen MR) is 72.1 cm³/mol. The van der Waals surface area contributed by atoms with E-state index in [1.807, 2.05) is 23.3 Å². The molecular weight excluding hydrogens is 226 g/mol. The molecule has 0 radical (unpaired) electrons. The average molecular weight is 247 g/mol. The Bertz CT molecular complexity index is 485. The highest BCUT2D eigenvalue weighted by Crippen LogP contribution is 2.21. The first kappa shape index (κ1) is 12.8. The summed E-state index contributed by atoms with van der Waals surface area (Å²) in [6.07, 6.45) is 7.06. The van der Waals surface area contributed by atoms with Gasteiger partial charge in [-0.1, -0.05) is 6.92 Å². The normalized spacial score (nSPS) is 11.3. The van der Waals surface area contributed by atoms with Crippen LogP contribution in [-0.4, -0.2) is 38.5 Å². The molecule has 2 aromatic rings. The SMILES string of the molecule is CCCN(C)Cc1c[nH]nc1-c1cnn(CC)c1. The molecule has 5 heteroatoms. The highest BCUT2D eigenvalue weighted by molar-refractivity contribution is 5.60. The summed E-state index contributed by atoms with van der Waals surface area (Å²) in [6.45, 7) is 7.17. The van der Waals surface area contributed by atoms with Crippen LogP contribution >= 0.6 is 0 Å². The zero-order valence-electron chi connectivity index (χ0n) is 11.3. The van der Waals surface area contributed by atoms with Crippen molar-refractivity contribution in [1.82, 2.24) is 24.9 Å².